The van der Waals surface area contributed by atoms with E-state index in [9.17, 15) is 41.2 Å². The summed E-state index contributed by atoms with van der Waals surface area (Å²) in [5.74, 6) is 0.0791. The standard InChI is InChI=1S/C44H63BN3O16P3S3/c1-9-47-34-22-20-31(70(57,58)59)25-33(34)44(7,8)38(47)16-12-10-13-17-39-43(5,6)32-24-30(2)19-21-35(32)48(39)23-15-11-14-18-41(49)46-28-42(3,4)69-68-29-60-36-26-40(45)62-37(36)27-61-66(53,54)64-67(55,56)63-65(50,51)52/h10,12-13,16-17,19-22,24-25,36-37,40H,9,11,14-15,18,23,26-29H2,1-8H3,(H5-,46,49,50,51,52,53,54,55,56,57,58,59)/p+1/t36-,37-,40-/m1/s1. The molecule has 70 heavy (non-hydrogen) atoms. The number of amides is 1. The number of phosphoric ester groups is 1. The van der Waals surface area contributed by atoms with E-state index in [4.69, 9.17) is 31.6 Å². The van der Waals surface area contributed by atoms with Crippen molar-refractivity contribution in [3.63, 3.8) is 0 Å². The summed E-state index contributed by atoms with van der Waals surface area (Å²) in [4.78, 5) is 51.6. The fourth-order valence-corrected chi connectivity index (χ4v) is 14.3. The molecule has 26 heteroatoms. The lowest BCUT2D eigenvalue weighted by molar-refractivity contribution is -0.438. The molecule has 2 aromatic rings. The Morgan fingerprint density at radius 2 is 1.70 bits per heavy atom. The van der Waals surface area contributed by atoms with Crippen LogP contribution in [0.1, 0.15) is 97.3 Å². The van der Waals surface area contributed by atoms with Gasteiger partial charge in [0.2, 0.25) is 11.6 Å². The molecule has 2 aromatic carbocycles. The molecule has 1 amide bonds. The second kappa shape index (κ2) is 23.4. The number of nitrogens with zero attached hydrogens (tertiary/aromatic N) is 2. The second-order valence-electron chi connectivity index (χ2n) is 18.7. The van der Waals surface area contributed by atoms with Gasteiger partial charge in [-0.25, -0.2) is 13.7 Å². The van der Waals surface area contributed by atoms with Crippen molar-refractivity contribution in [1.29, 1.82) is 0 Å². The number of carbonyl (C=O) groups excluding carboxylic acids is 1. The highest BCUT2D eigenvalue weighted by atomic mass is 33.1. The van der Waals surface area contributed by atoms with Gasteiger partial charge < -0.3 is 39.3 Å². The molecule has 0 aliphatic carbocycles. The first-order valence-corrected chi connectivity index (χ1v) is 30.7. The van der Waals surface area contributed by atoms with E-state index in [1.165, 1.54) is 50.2 Å². The molecule has 5 atom stereocenters. The number of aryl methyl sites for hydroxylation is 1. The Labute approximate surface area is 419 Å². The van der Waals surface area contributed by atoms with E-state index in [1.54, 1.807) is 12.1 Å². The maximum Gasteiger partial charge on any atom is 0.490 e. The van der Waals surface area contributed by atoms with Crippen LogP contribution in [0.25, 0.3) is 0 Å². The molecule has 2 radical (unpaired) electrons. The van der Waals surface area contributed by atoms with Crippen molar-refractivity contribution in [2.75, 3.05) is 37.1 Å². The van der Waals surface area contributed by atoms with Crippen LogP contribution < -0.4 is 10.2 Å². The molecule has 0 spiro atoms. The normalized spacial score (nSPS) is 22.5. The zero-order valence-electron chi connectivity index (χ0n) is 40.4. The number of likely N-dealkylation sites (N-methyl/N-ethyl adjacent to an activating group) is 1. The van der Waals surface area contributed by atoms with Crippen molar-refractivity contribution in [3.8, 4) is 0 Å². The number of unbranched alkanes of at least 4 members (excludes halogenated alkanes) is 2. The maximum atomic E-state index is 12.9. The van der Waals surface area contributed by atoms with E-state index in [0.717, 1.165) is 36.3 Å². The van der Waals surface area contributed by atoms with Crippen LogP contribution in [-0.2, 0) is 62.1 Å². The molecule has 0 aromatic heterocycles. The third kappa shape index (κ3) is 15.8. The summed E-state index contributed by atoms with van der Waals surface area (Å²) in [6, 6.07) is 10.5. The number of phosphoric acid groups is 3. The quantitative estimate of drug-likeness (QED) is 0.00798. The average molecular weight is 1090 g/mol. The van der Waals surface area contributed by atoms with Gasteiger partial charge in [0, 0.05) is 71.2 Å². The number of carbonyl (C=O) groups is 1. The van der Waals surface area contributed by atoms with Crippen LogP contribution >= 0.6 is 45.1 Å². The molecule has 0 bridgehead atoms. The van der Waals surface area contributed by atoms with E-state index < -0.39 is 68.6 Å². The molecular weight excluding hydrogens is 1030 g/mol. The van der Waals surface area contributed by atoms with Crippen LogP contribution in [0.2, 0.25) is 0 Å². The lowest BCUT2D eigenvalue weighted by Crippen LogP contribution is -2.35. The van der Waals surface area contributed by atoms with Crippen LogP contribution in [0.5, 0.6) is 0 Å². The minimum Gasteiger partial charge on any atom is -0.380 e. The van der Waals surface area contributed by atoms with Gasteiger partial charge in [0.05, 0.1) is 23.0 Å². The van der Waals surface area contributed by atoms with Crippen LogP contribution in [0.4, 0.5) is 11.4 Å². The van der Waals surface area contributed by atoms with Crippen molar-refractivity contribution in [2.45, 2.75) is 126 Å². The second-order valence-corrected chi connectivity index (χ2v) is 27.5. The first-order chi connectivity index (χ1) is 32.4. The fraction of sp³-hybridized carbons (Fsp3) is 0.545. The van der Waals surface area contributed by atoms with Crippen molar-refractivity contribution in [1.82, 2.24) is 5.32 Å². The highest BCUT2D eigenvalue weighted by molar-refractivity contribution is 8.77. The van der Waals surface area contributed by atoms with Gasteiger partial charge in [-0.3, -0.25) is 13.9 Å². The molecule has 5 rings (SSSR count). The van der Waals surface area contributed by atoms with Gasteiger partial charge in [-0.2, -0.15) is 21.6 Å². The molecule has 6 N–H and O–H groups in total. The molecular formula is C44H64BN3O16P3S3+. The predicted octanol–water partition coefficient (Wildman–Crippen LogP) is 8.24. The Balaban J connectivity index is 1.09. The van der Waals surface area contributed by atoms with Gasteiger partial charge in [-0.1, -0.05) is 65.3 Å². The predicted molar refractivity (Wildman–Crippen MR) is 272 cm³/mol. The van der Waals surface area contributed by atoms with Gasteiger partial charge in [0.15, 0.2) is 5.71 Å². The zero-order valence-corrected chi connectivity index (χ0v) is 45.6. The molecule has 386 valence electrons. The van der Waals surface area contributed by atoms with Crippen molar-refractivity contribution in [2.24, 2.45) is 0 Å². The Hall–Kier alpha value is -2.40. The molecule has 2 unspecified atom stereocenters. The number of nitrogens with one attached hydrogen (secondary N) is 1. The molecule has 3 aliphatic rings. The highest BCUT2D eigenvalue weighted by Crippen LogP contribution is 2.66. The zero-order chi connectivity index (χ0) is 52.1. The average Bonchev–Trinajstić information content (AvgIpc) is 3.77. The van der Waals surface area contributed by atoms with Crippen LogP contribution in [0, 0.1) is 6.92 Å². The Kier molecular flexibility index (Phi) is 19.6. The molecule has 1 saturated heterocycles. The lowest BCUT2D eigenvalue weighted by atomic mass is 9.81. The molecule has 3 aliphatic heterocycles. The lowest BCUT2D eigenvalue weighted by Gasteiger charge is -2.25. The van der Waals surface area contributed by atoms with Gasteiger partial charge >= 0.3 is 23.5 Å². The largest absolute Gasteiger partial charge is 0.490 e. The first-order valence-electron chi connectivity index (χ1n) is 22.5. The summed E-state index contributed by atoms with van der Waals surface area (Å²) in [5.41, 5.74) is 6.77. The van der Waals surface area contributed by atoms with Crippen LogP contribution in [0.15, 0.2) is 77.4 Å². The number of ether oxygens (including phenoxy) is 2. The van der Waals surface area contributed by atoms with Gasteiger partial charge in [0.25, 0.3) is 10.1 Å². The molecule has 1 fully saturated rings. The van der Waals surface area contributed by atoms with Gasteiger partial charge in [-0.15, -0.1) is 0 Å². The van der Waals surface area contributed by atoms with E-state index in [0.29, 0.717) is 25.9 Å². The number of hydrogen-bond donors (Lipinski definition) is 6. The topological polar surface area (TPSA) is 268 Å². The monoisotopic (exact) mass is 1090 g/mol. The fourth-order valence-electron chi connectivity index (χ4n) is 8.55. The number of anilines is 1. The summed E-state index contributed by atoms with van der Waals surface area (Å²) in [6.07, 6.45) is 11.5. The Bertz CT molecular complexity index is 2640. The van der Waals surface area contributed by atoms with E-state index in [1.807, 2.05) is 52.8 Å². The number of hydrogen-bond acceptors (Lipinski definition) is 14. The molecule has 3 heterocycles. The van der Waals surface area contributed by atoms with Crippen molar-refractivity contribution in [3.05, 3.63) is 89.2 Å². The summed E-state index contributed by atoms with van der Waals surface area (Å²) in [5, 5.41) is 3.03. The van der Waals surface area contributed by atoms with Gasteiger partial charge in [-0.05, 0) is 96.7 Å². The van der Waals surface area contributed by atoms with E-state index in [-0.39, 0.29) is 28.6 Å². The van der Waals surface area contributed by atoms with Crippen LogP contribution in [0.3, 0.4) is 0 Å². The maximum absolute atomic E-state index is 12.9. The number of rotatable bonds is 25. The van der Waals surface area contributed by atoms with Crippen molar-refractivity contribution >= 4 is 86.0 Å². The summed E-state index contributed by atoms with van der Waals surface area (Å²) < 4.78 is 93.7. The third-order valence-electron chi connectivity index (χ3n) is 11.9. The van der Waals surface area contributed by atoms with E-state index >= 15 is 0 Å². The number of benzene rings is 2. The minimum absolute atomic E-state index is 0.0549. The summed E-state index contributed by atoms with van der Waals surface area (Å²) >= 11 is 0. The van der Waals surface area contributed by atoms with Crippen LogP contribution in [-0.4, -0.2) is 112 Å². The highest BCUT2D eigenvalue weighted by Gasteiger charge is 2.45. The molecule has 0 saturated carbocycles. The SMILES string of the molecule is [B][C@H]1C[C@@H](OCSSC(C)(C)CNC(=O)CCCCC[N+]2=C(/C=C/C=C/C=C3/N(CC)c4ccc(S(=O)(=O)O)cc4C3(C)C)C(C)(C)c3cc(C)ccc32)[C@@H](COP(=O)(O)OP(=O)(O)OP(=O)(O)O)O1. The molecule has 19 nitrogen and oxygen atoms in total. The van der Waals surface area contributed by atoms with Gasteiger partial charge in [0.1, 0.15) is 26.4 Å². The number of allylic oxidation sites excluding steroid dienone is 6. The van der Waals surface area contributed by atoms with E-state index in [2.05, 4.69) is 74.5 Å². The minimum atomic E-state index is -5.67. The number of fused-ring (bicyclic) bond motifs is 2. The Morgan fingerprint density at radius 1 is 0.986 bits per heavy atom. The summed E-state index contributed by atoms with van der Waals surface area (Å²) in [6.45, 7) is 17.8. The summed E-state index contributed by atoms with van der Waals surface area (Å²) in [7, 11) is -12.2. The first kappa shape index (κ1) is 58.5. The smallest absolute Gasteiger partial charge is 0.380 e. The third-order valence-corrected chi connectivity index (χ3v) is 19.5. The Morgan fingerprint density at radius 3 is 2.37 bits per heavy atom. The van der Waals surface area contributed by atoms with Crippen molar-refractivity contribution < 1.29 is 78.2 Å².